The Kier molecular flexibility index (Phi) is 4.84. The Balaban J connectivity index is 1.82. The maximum Gasteiger partial charge on any atom is 0.224 e. The fraction of sp³-hybridized carbons (Fsp3) is 0.929. The van der Waals surface area contributed by atoms with Gasteiger partial charge in [-0.2, -0.15) is 0 Å². The number of hydrogen-bond acceptors (Lipinski definition) is 2. The normalized spacial score (nSPS) is 31.8. The van der Waals surface area contributed by atoms with Crippen LogP contribution in [0.15, 0.2) is 0 Å². The van der Waals surface area contributed by atoms with Crippen molar-refractivity contribution in [2.45, 2.75) is 70.4 Å². The molecule has 2 unspecified atom stereocenters. The van der Waals surface area contributed by atoms with E-state index in [1.807, 2.05) is 0 Å². The van der Waals surface area contributed by atoms with E-state index >= 15 is 0 Å². The molecule has 2 aliphatic rings. The van der Waals surface area contributed by atoms with Crippen molar-refractivity contribution in [2.75, 3.05) is 6.54 Å². The molecule has 2 N–H and O–H groups in total. The molecule has 1 aliphatic heterocycles. The molecule has 1 heterocycles. The zero-order chi connectivity index (χ0) is 12.1. The number of piperidine rings is 1. The highest BCUT2D eigenvalue weighted by molar-refractivity contribution is 5.79. The molecule has 3 nitrogen and oxygen atoms in total. The third-order valence-electron chi connectivity index (χ3n) is 4.30. The molecule has 98 valence electrons. The van der Waals surface area contributed by atoms with Crippen LogP contribution in [0.3, 0.4) is 0 Å². The summed E-state index contributed by atoms with van der Waals surface area (Å²) in [7, 11) is 0. The largest absolute Gasteiger partial charge is 0.353 e. The molecule has 0 spiro atoms. The van der Waals surface area contributed by atoms with Gasteiger partial charge in [0, 0.05) is 12.1 Å². The molecule has 0 radical (unpaired) electrons. The van der Waals surface area contributed by atoms with Gasteiger partial charge in [-0.25, -0.2) is 0 Å². The average Bonchev–Trinajstić information content (AvgIpc) is 2.58. The number of carbonyl (C=O) groups is 1. The van der Waals surface area contributed by atoms with Crippen LogP contribution >= 0.6 is 0 Å². The first-order valence-corrected chi connectivity index (χ1v) is 7.31. The van der Waals surface area contributed by atoms with Gasteiger partial charge in [0.25, 0.3) is 0 Å². The Morgan fingerprint density at radius 2 is 1.76 bits per heavy atom. The van der Waals surface area contributed by atoms with E-state index in [0.29, 0.717) is 12.1 Å². The topological polar surface area (TPSA) is 41.1 Å². The van der Waals surface area contributed by atoms with Crippen molar-refractivity contribution in [2.24, 2.45) is 5.92 Å². The first-order valence-electron chi connectivity index (χ1n) is 7.31. The molecule has 2 fully saturated rings. The van der Waals surface area contributed by atoms with E-state index in [4.69, 9.17) is 0 Å². The van der Waals surface area contributed by atoms with Crippen molar-refractivity contribution >= 4 is 5.91 Å². The molecule has 17 heavy (non-hydrogen) atoms. The lowest BCUT2D eigenvalue weighted by atomic mass is 9.90. The number of amides is 1. The molecule has 0 aromatic rings. The standard InChI is InChI=1S/C14H26N2O/c1-11-13(9-6-10-15-11)14(17)16-12-7-4-2-3-5-8-12/h11-13,15H,2-10H2,1H3,(H,16,17). The van der Waals surface area contributed by atoms with Crippen LogP contribution in [-0.2, 0) is 4.79 Å². The fourth-order valence-corrected chi connectivity index (χ4v) is 3.13. The number of nitrogens with one attached hydrogen (secondary N) is 2. The minimum atomic E-state index is 0.187. The molecule has 0 aromatic carbocycles. The maximum absolute atomic E-state index is 12.2. The maximum atomic E-state index is 12.2. The van der Waals surface area contributed by atoms with Crippen molar-refractivity contribution in [3.8, 4) is 0 Å². The molecular formula is C14H26N2O. The van der Waals surface area contributed by atoms with Gasteiger partial charge in [-0.05, 0) is 39.2 Å². The second-order valence-electron chi connectivity index (χ2n) is 5.69. The highest BCUT2D eigenvalue weighted by Gasteiger charge is 2.28. The molecule has 2 atom stereocenters. The summed E-state index contributed by atoms with van der Waals surface area (Å²) in [5, 5.41) is 6.68. The third kappa shape index (κ3) is 3.70. The Morgan fingerprint density at radius 3 is 2.41 bits per heavy atom. The molecule has 2 rings (SSSR count). The smallest absolute Gasteiger partial charge is 0.224 e. The highest BCUT2D eigenvalue weighted by Crippen LogP contribution is 2.20. The third-order valence-corrected chi connectivity index (χ3v) is 4.30. The predicted octanol–water partition coefficient (Wildman–Crippen LogP) is 2.21. The van der Waals surface area contributed by atoms with Gasteiger partial charge >= 0.3 is 0 Å². The van der Waals surface area contributed by atoms with Crippen LogP contribution in [-0.4, -0.2) is 24.5 Å². The lowest BCUT2D eigenvalue weighted by Crippen LogP contribution is -2.49. The van der Waals surface area contributed by atoms with Crippen molar-refractivity contribution in [3.63, 3.8) is 0 Å². The summed E-state index contributed by atoms with van der Waals surface area (Å²) in [4.78, 5) is 12.2. The number of hydrogen-bond donors (Lipinski definition) is 2. The molecule has 0 aromatic heterocycles. The molecule has 1 aliphatic carbocycles. The van der Waals surface area contributed by atoms with Gasteiger partial charge in [0.1, 0.15) is 0 Å². The molecule has 1 amide bonds. The van der Waals surface area contributed by atoms with Crippen LogP contribution in [0.25, 0.3) is 0 Å². The SMILES string of the molecule is CC1NCCCC1C(=O)NC1CCCCCC1. The Labute approximate surface area is 105 Å². The minimum Gasteiger partial charge on any atom is -0.353 e. The summed E-state index contributed by atoms with van der Waals surface area (Å²) in [6, 6.07) is 0.786. The summed E-state index contributed by atoms with van der Waals surface area (Å²) >= 11 is 0. The van der Waals surface area contributed by atoms with Gasteiger partial charge in [0.05, 0.1) is 5.92 Å². The molecule has 0 bridgehead atoms. The van der Waals surface area contributed by atoms with Crippen molar-refractivity contribution in [1.82, 2.24) is 10.6 Å². The van der Waals surface area contributed by atoms with E-state index in [2.05, 4.69) is 17.6 Å². The van der Waals surface area contributed by atoms with Gasteiger partial charge in [-0.15, -0.1) is 0 Å². The van der Waals surface area contributed by atoms with Crippen molar-refractivity contribution in [3.05, 3.63) is 0 Å². The summed E-state index contributed by atoms with van der Waals surface area (Å²) in [5.74, 6) is 0.476. The first kappa shape index (κ1) is 12.9. The van der Waals surface area contributed by atoms with Crippen LogP contribution in [0.1, 0.15) is 58.3 Å². The Morgan fingerprint density at radius 1 is 1.06 bits per heavy atom. The lowest BCUT2D eigenvalue weighted by Gasteiger charge is -2.30. The molecular weight excluding hydrogens is 212 g/mol. The van der Waals surface area contributed by atoms with E-state index in [0.717, 1.165) is 19.4 Å². The van der Waals surface area contributed by atoms with E-state index in [9.17, 15) is 4.79 Å². The summed E-state index contributed by atoms with van der Waals surface area (Å²) in [6.45, 7) is 3.20. The minimum absolute atomic E-state index is 0.187. The number of carbonyl (C=O) groups excluding carboxylic acids is 1. The second kappa shape index (κ2) is 6.39. The van der Waals surface area contributed by atoms with E-state index in [-0.39, 0.29) is 11.8 Å². The van der Waals surface area contributed by atoms with Crippen molar-refractivity contribution in [1.29, 1.82) is 0 Å². The van der Waals surface area contributed by atoms with Crippen LogP contribution < -0.4 is 10.6 Å². The van der Waals surface area contributed by atoms with E-state index < -0.39 is 0 Å². The fourth-order valence-electron chi connectivity index (χ4n) is 3.13. The zero-order valence-electron chi connectivity index (χ0n) is 11.0. The lowest BCUT2D eigenvalue weighted by molar-refractivity contribution is -0.127. The predicted molar refractivity (Wildman–Crippen MR) is 69.8 cm³/mol. The van der Waals surface area contributed by atoms with Crippen molar-refractivity contribution < 1.29 is 4.79 Å². The Bertz CT molecular complexity index is 247. The summed E-state index contributed by atoms with van der Waals surface area (Å²) in [5.41, 5.74) is 0. The first-order chi connectivity index (χ1) is 8.27. The van der Waals surface area contributed by atoms with Gasteiger partial charge in [0.2, 0.25) is 5.91 Å². The van der Waals surface area contributed by atoms with Crippen LogP contribution in [0.5, 0.6) is 0 Å². The number of rotatable bonds is 2. The Hall–Kier alpha value is -0.570. The van der Waals surface area contributed by atoms with Crippen LogP contribution in [0.4, 0.5) is 0 Å². The highest BCUT2D eigenvalue weighted by atomic mass is 16.2. The van der Waals surface area contributed by atoms with Gasteiger partial charge in [-0.1, -0.05) is 25.7 Å². The zero-order valence-corrected chi connectivity index (χ0v) is 11.0. The van der Waals surface area contributed by atoms with Gasteiger partial charge in [0.15, 0.2) is 0 Å². The van der Waals surface area contributed by atoms with Crippen LogP contribution in [0.2, 0.25) is 0 Å². The molecule has 1 saturated heterocycles. The second-order valence-corrected chi connectivity index (χ2v) is 5.69. The van der Waals surface area contributed by atoms with E-state index in [1.54, 1.807) is 0 Å². The monoisotopic (exact) mass is 238 g/mol. The molecule has 1 saturated carbocycles. The molecule has 3 heteroatoms. The summed E-state index contributed by atoms with van der Waals surface area (Å²) in [6.07, 6.45) is 9.79. The van der Waals surface area contributed by atoms with E-state index in [1.165, 1.54) is 38.5 Å². The average molecular weight is 238 g/mol. The van der Waals surface area contributed by atoms with Gasteiger partial charge in [-0.3, -0.25) is 4.79 Å². The van der Waals surface area contributed by atoms with Crippen LogP contribution in [0, 0.1) is 5.92 Å². The quantitative estimate of drug-likeness (QED) is 0.724. The van der Waals surface area contributed by atoms with Gasteiger partial charge < -0.3 is 10.6 Å². The summed E-state index contributed by atoms with van der Waals surface area (Å²) < 4.78 is 0.